The van der Waals surface area contributed by atoms with Gasteiger partial charge in [-0.15, -0.1) is 0 Å². The average molecular weight is 366 g/mol. The number of rotatable bonds is 5. The molecule has 25 heavy (non-hydrogen) atoms. The third kappa shape index (κ3) is 3.86. The van der Waals surface area contributed by atoms with Crippen molar-refractivity contribution in [3.05, 3.63) is 11.2 Å². The molecule has 2 bridgehead atoms. The van der Waals surface area contributed by atoms with E-state index in [2.05, 4.69) is 20.1 Å². The monoisotopic (exact) mass is 365 g/mol. The van der Waals surface area contributed by atoms with Gasteiger partial charge in [-0.1, -0.05) is 11.6 Å². The van der Waals surface area contributed by atoms with Crippen LogP contribution in [0.1, 0.15) is 38.5 Å². The number of piperazine rings is 1. The fourth-order valence-electron chi connectivity index (χ4n) is 4.64. The van der Waals surface area contributed by atoms with Crippen LogP contribution in [0.4, 0.5) is 11.8 Å². The molecule has 0 spiro atoms. The number of β-amino-alcohol motifs (C(OH)–C–C–N with tert-alkyl or cyclic N) is 1. The fraction of sp³-hybridized carbons (Fsp3) is 0.778. The Bertz CT molecular complexity index is 583. The maximum absolute atomic E-state index is 9.08. The van der Waals surface area contributed by atoms with Gasteiger partial charge in [0.25, 0.3) is 0 Å². The molecule has 2 heterocycles. The summed E-state index contributed by atoms with van der Waals surface area (Å²) in [5.41, 5.74) is 0.177. The Morgan fingerprint density at radius 1 is 1.12 bits per heavy atom. The summed E-state index contributed by atoms with van der Waals surface area (Å²) in [5, 5.41) is 13.2. The normalized spacial score (nSPS) is 29.8. The molecule has 1 aromatic rings. The highest BCUT2D eigenvalue weighted by Gasteiger charge is 2.40. The van der Waals surface area contributed by atoms with E-state index >= 15 is 0 Å². The van der Waals surface area contributed by atoms with Crippen molar-refractivity contribution in [2.45, 2.75) is 44.1 Å². The number of fused-ring (bicyclic) bond motifs is 3. The van der Waals surface area contributed by atoms with E-state index in [4.69, 9.17) is 21.7 Å². The highest BCUT2D eigenvalue weighted by molar-refractivity contribution is 6.29. The molecular formula is C18H28ClN5O. The molecule has 7 heteroatoms. The van der Waals surface area contributed by atoms with E-state index in [0.717, 1.165) is 44.5 Å². The van der Waals surface area contributed by atoms with E-state index in [1.807, 2.05) is 6.07 Å². The first-order chi connectivity index (χ1) is 12.2. The molecule has 6 nitrogen and oxygen atoms in total. The molecule has 5 rings (SSSR count). The predicted octanol–water partition coefficient (Wildman–Crippen LogP) is 2.38. The van der Waals surface area contributed by atoms with Crippen LogP contribution in [-0.4, -0.2) is 64.8 Å². The number of nitrogens with one attached hydrogen (secondary N) is 1. The smallest absolute Gasteiger partial charge is 0.226 e. The standard InChI is InChI=1S/C18H28ClN5O/c19-15-13-16(24-9-7-23(8-10-24)11-12-25)21-17(20-15)22-18-4-1-14(2-5-18)3-6-18/h13-14,25H,1-12H2,(H,20,21,22). The molecule has 0 amide bonds. The van der Waals surface area contributed by atoms with Crippen LogP contribution < -0.4 is 10.2 Å². The fourth-order valence-corrected chi connectivity index (χ4v) is 4.82. The van der Waals surface area contributed by atoms with Crippen molar-refractivity contribution in [3.8, 4) is 0 Å². The van der Waals surface area contributed by atoms with E-state index in [0.29, 0.717) is 11.1 Å². The molecule has 1 aliphatic heterocycles. The Labute approximate surface area is 154 Å². The summed E-state index contributed by atoms with van der Waals surface area (Å²) in [6.07, 6.45) is 7.65. The maximum atomic E-state index is 9.08. The summed E-state index contributed by atoms with van der Waals surface area (Å²) < 4.78 is 0. The van der Waals surface area contributed by atoms with Gasteiger partial charge in [0.15, 0.2) is 0 Å². The Morgan fingerprint density at radius 2 is 1.80 bits per heavy atom. The number of anilines is 2. The minimum absolute atomic E-state index is 0.177. The molecule has 138 valence electrons. The Balaban J connectivity index is 1.46. The van der Waals surface area contributed by atoms with Gasteiger partial charge in [0.1, 0.15) is 11.0 Å². The lowest BCUT2D eigenvalue weighted by molar-refractivity contribution is 0.157. The minimum atomic E-state index is 0.177. The SMILES string of the molecule is OCCN1CCN(c2cc(Cl)nc(NC34CCC(CC3)CC4)n2)CC1. The summed E-state index contributed by atoms with van der Waals surface area (Å²) in [5.74, 6) is 2.53. The molecule has 4 fully saturated rings. The van der Waals surface area contributed by atoms with Gasteiger partial charge in [-0.3, -0.25) is 4.90 Å². The number of nitrogens with zero attached hydrogens (tertiary/aromatic N) is 4. The van der Waals surface area contributed by atoms with Crippen LogP contribution in [0.15, 0.2) is 6.07 Å². The van der Waals surface area contributed by atoms with Crippen LogP contribution in [0.2, 0.25) is 5.15 Å². The second-order valence-electron chi connectivity index (χ2n) is 7.81. The molecule has 3 saturated carbocycles. The van der Waals surface area contributed by atoms with Crippen molar-refractivity contribution in [1.29, 1.82) is 0 Å². The summed E-state index contributed by atoms with van der Waals surface area (Å²) in [7, 11) is 0. The second-order valence-corrected chi connectivity index (χ2v) is 8.20. The molecule has 1 saturated heterocycles. The van der Waals surface area contributed by atoms with Gasteiger partial charge in [0, 0.05) is 44.3 Å². The molecule has 0 aromatic carbocycles. The van der Waals surface area contributed by atoms with Crippen LogP contribution in [-0.2, 0) is 0 Å². The van der Waals surface area contributed by atoms with Crippen LogP contribution in [0.25, 0.3) is 0 Å². The first-order valence-corrected chi connectivity index (χ1v) is 9.95. The van der Waals surface area contributed by atoms with Crippen molar-refractivity contribution in [3.63, 3.8) is 0 Å². The zero-order valence-electron chi connectivity index (χ0n) is 14.8. The van der Waals surface area contributed by atoms with Crippen LogP contribution in [0.3, 0.4) is 0 Å². The number of aliphatic hydroxyl groups excluding tert-OH is 1. The summed E-state index contributed by atoms with van der Waals surface area (Å²) in [6.45, 7) is 4.65. The van der Waals surface area contributed by atoms with Gasteiger partial charge in [0.2, 0.25) is 5.95 Å². The van der Waals surface area contributed by atoms with Gasteiger partial charge in [-0.05, 0) is 44.4 Å². The van der Waals surface area contributed by atoms with E-state index in [1.165, 1.54) is 38.5 Å². The molecule has 4 aliphatic rings. The van der Waals surface area contributed by atoms with Crippen molar-refractivity contribution in [2.75, 3.05) is 49.5 Å². The minimum Gasteiger partial charge on any atom is -0.395 e. The van der Waals surface area contributed by atoms with Crippen molar-refractivity contribution < 1.29 is 5.11 Å². The largest absolute Gasteiger partial charge is 0.395 e. The van der Waals surface area contributed by atoms with E-state index < -0.39 is 0 Å². The molecule has 1 aromatic heterocycles. The zero-order valence-corrected chi connectivity index (χ0v) is 15.5. The molecule has 3 aliphatic carbocycles. The predicted molar refractivity (Wildman–Crippen MR) is 100 cm³/mol. The van der Waals surface area contributed by atoms with Gasteiger partial charge >= 0.3 is 0 Å². The van der Waals surface area contributed by atoms with Crippen LogP contribution in [0.5, 0.6) is 0 Å². The van der Waals surface area contributed by atoms with E-state index in [1.54, 1.807) is 0 Å². The lowest BCUT2D eigenvalue weighted by atomic mass is 9.66. The maximum Gasteiger partial charge on any atom is 0.226 e. The number of hydrogen-bond donors (Lipinski definition) is 2. The third-order valence-electron chi connectivity index (χ3n) is 6.26. The van der Waals surface area contributed by atoms with E-state index in [9.17, 15) is 0 Å². The Hall–Kier alpha value is -1.11. The number of hydrogen-bond acceptors (Lipinski definition) is 6. The molecular weight excluding hydrogens is 338 g/mol. The lowest BCUT2D eigenvalue weighted by Crippen LogP contribution is -2.48. The number of aromatic nitrogens is 2. The highest BCUT2D eigenvalue weighted by Crippen LogP contribution is 2.45. The Morgan fingerprint density at radius 3 is 2.44 bits per heavy atom. The van der Waals surface area contributed by atoms with Crippen molar-refractivity contribution in [1.82, 2.24) is 14.9 Å². The average Bonchev–Trinajstić information content (AvgIpc) is 2.63. The quantitative estimate of drug-likeness (QED) is 0.781. The highest BCUT2D eigenvalue weighted by atomic mass is 35.5. The third-order valence-corrected chi connectivity index (χ3v) is 6.46. The van der Waals surface area contributed by atoms with Crippen LogP contribution in [0, 0.1) is 5.92 Å². The molecule has 0 radical (unpaired) electrons. The van der Waals surface area contributed by atoms with Gasteiger partial charge < -0.3 is 15.3 Å². The first kappa shape index (κ1) is 17.3. The molecule has 0 atom stereocenters. The molecule has 0 unspecified atom stereocenters. The number of aliphatic hydroxyl groups is 1. The molecule has 2 N–H and O–H groups in total. The number of halogens is 1. The van der Waals surface area contributed by atoms with Gasteiger partial charge in [-0.2, -0.15) is 4.98 Å². The summed E-state index contributed by atoms with van der Waals surface area (Å²) >= 11 is 6.30. The van der Waals surface area contributed by atoms with Crippen molar-refractivity contribution >= 4 is 23.4 Å². The lowest BCUT2D eigenvalue weighted by Gasteiger charge is -2.47. The summed E-state index contributed by atoms with van der Waals surface area (Å²) in [4.78, 5) is 13.8. The zero-order chi connectivity index (χ0) is 17.3. The van der Waals surface area contributed by atoms with Gasteiger partial charge in [-0.25, -0.2) is 4.98 Å². The van der Waals surface area contributed by atoms with Gasteiger partial charge in [0.05, 0.1) is 6.61 Å². The Kier molecular flexibility index (Phi) is 5.02. The first-order valence-electron chi connectivity index (χ1n) is 9.57. The van der Waals surface area contributed by atoms with Crippen molar-refractivity contribution in [2.24, 2.45) is 5.92 Å². The second kappa shape index (κ2) is 7.25. The topological polar surface area (TPSA) is 64.5 Å². The van der Waals surface area contributed by atoms with Crippen LogP contribution >= 0.6 is 11.6 Å². The summed E-state index contributed by atoms with van der Waals surface area (Å²) in [6, 6.07) is 1.86. The van der Waals surface area contributed by atoms with E-state index in [-0.39, 0.29) is 12.1 Å².